The number of alkyl halides is 3. The average Bonchev–Trinajstić information content (AvgIpc) is 3.01. The number of fused-ring (bicyclic) bond motifs is 1. The molecule has 2 unspecified atom stereocenters. The Morgan fingerprint density at radius 3 is 2.29 bits per heavy atom. The normalized spacial score (nSPS) is 13.6. The van der Waals surface area contributed by atoms with Gasteiger partial charge in [-0.3, -0.25) is 14.2 Å². The molecule has 2 N–H and O–H groups in total. The van der Waals surface area contributed by atoms with Gasteiger partial charge in [0.15, 0.2) is 11.6 Å². The zero-order valence-corrected chi connectivity index (χ0v) is 18.6. The second-order valence-electron chi connectivity index (χ2n) is 8.17. The van der Waals surface area contributed by atoms with Crippen LogP contribution in [0.15, 0.2) is 36.4 Å². The lowest BCUT2D eigenvalue weighted by atomic mass is 9.87. The standard InChI is InChI=1S/C24H23F4NO5/c1-4-12(2)9-17(23(32)33)21-13(3)29(19-11-18(25)20(30)10-16(19)21)22(31)14-5-7-15(8-6-14)34-24(26,27)28/h5-8,10-12,17,30H,4,9H2,1-3H3,(H,32,33). The zero-order valence-electron chi connectivity index (χ0n) is 18.6. The Kier molecular flexibility index (Phi) is 6.90. The Morgan fingerprint density at radius 2 is 1.76 bits per heavy atom. The highest BCUT2D eigenvalue weighted by atomic mass is 19.4. The van der Waals surface area contributed by atoms with Crippen LogP contribution in [0.25, 0.3) is 10.9 Å². The van der Waals surface area contributed by atoms with Gasteiger partial charge < -0.3 is 14.9 Å². The van der Waals surface area contributed by atoms with Crippen LogP contribution in [0, 0.1) is 18.7 Å². The smallest absolute Gasteiger partial charge is 0.505 e. The van der Waals surface area contributed by atoms with Crippen LogP contribution in [0.1, 0.15) is 54.2 Å². The van der Waals surface area contributed by atoms with Gasteiger partial charge in [0.25, 0.3) is 5.91 Å². The summed E-state index contributed by atoms with van der Waals surface area (Å²) in [6, 6.07) is 6.21. The molecule has 0 amide bonds. The number of carbonyl (C=O) groups is 2. The molecule has 2 atom stereocenters. The van der Waals surface area contributed by atoms with Crippen molar-refractivity contribution in [3.05, 3.63) is 59.0 Å². The van der Waals surface area contributed by atoms with E-state index in [1.807, 2.05) is 13.8 Å². The molecule has 0 spiro atoms. The number of rotatable bonds is 7. The van der Waals surface area contributed by atoms with E-state index in [1.165, 1.54) is 6.92 Å². The minimum Gasteiger partial charge on any atom is -0.505 e. The Balaban J connectivity index is 2.18. The van der Waals surface area contributed by atoms with Crippen molar-refractivity contribution in [1.29, 1.82) is 0 Å². The third-order valence-corrected chi connectivity index (χ3v) is 5.84. The van der Waals surface area contributed by atoms with Gasteiger partial charge in [-0.05, 0) is 55.2 Å². The van der Waals surface area contributed by atoms with Crippen LogP contribution >= 0.6 is 0 Å². The maximum Gasteiger partial charge on any atom is 0.573 e. The largest absolute Gasteiger partial charge is 0.573 e. The molecular formula is C24H23F4NO5. The third-order valence-electron chi connectivity index (χ3n) is 5.84. The predicted octanol–water partition coefficient (Wildman–Crippen LogP) is 5.99. The summed E-state index contributed by atoms with van der Waals surface area (Å²) in [5.41, 5.74) is 0.516. The van der Waals surface area contributed by atoms with E-state index in [2.05, 4.69) is 4.74 Å². The quantitative estimate of drug-likeness (QED) is 0.405. The lowest BCUT2D eigenvalue weighted by Gasteiger charge is -2.17. The molecule has 0 bridgehead atoms. The number of carboxylic acids is 1. The first-order valence-electron chi connectivity index (χ1n) is 10.5. The highest BCUT2D eigenvalue weighted by Gasteiger charge is 2.32. The molecule has 182 valence electrons. The van der Waals surface area contributed by atoms with Crippen molar-refractivity contribution < 1.29 is 42.1 Å². The van der Waals surface area contributed by atoms with Crippen LogP contribution in [0.2, 0.25) is 0 Å². The fourth-order valence-electron chi connectivity index (χ4n) is 3.99. The molecule has 34 heavy (non-hydrogen) atoms. The minimum atomic E-state index is -4.89. The summed E-state index contributed by atoms with van der Waals surface area (Å²) in [4.78, 5) is 25.5. The van der Waals surface area contributed by atoms with Crippen molar-refractivity contribution in [3.8, 4) is 11.5 Å². The third kappa shape index (κ3) is 5.00. The number of ether oxygens (including phenoxy) is 1. The van der Waals surface area contributed by atoms with E-state index in [-0.39, 0.29) is 40.1 Å². The van der Waals surface area contributed by atoms with Crippen molar-refractivity contribution >= 4 is 22.8 Å². The van der Waals surface area contributed by atoms with E-state index >= 15 is 0 Å². The molecule has 10 heteroatoms. The molecule has 1 heterocycles. The molecule has 6 nitrogen and oxygen atoms in total. The lowest BCUT2D eigenvalue weighted by Crippen LogP contribution is -2.18. The summed E-state index contributed by atoms with van der Waals surface area (Å²) in [6.07, 6.45) is -3.93. The van der Waals surface area contributed by atoms with Crippen LogP contribution in [-0.4, -0.2) is 33.0 Å². The SMILES string of the molecule is CCC(C)CC(C(=O)O)c1c(C)n(C(=O)c2ccc(OC(F)(F)F)cc2)c2cc(F)c(O)cc12. The number of aliphatic carboxylic acids is 1. The molecule has 3 aromatic rings. The van der Waals surface area contributed by atoms with Gasteiger partial charge in [0.05, 0.1) is 11.4 Å². The van der Waals surface area contributed by atoms with Gasteiger partial charge in [-0.2, -0.15) is 0 Å². The number of hydrogen-bond acceptors (Lipinski definition) is 4. The van der Waals surface area contributed by atoms with E-state index in [9.17, 15) is 37.4 Å². The van der Waals surface area contributed by atoms with Crippen molar-refractivity contribution in [2.75, 3.05) is 0 Å². The molecule has 1 aromatic heterocycles. The summed E-state index contributed by atoms with van der Waals surface area (Å²) < 4.78 is 56.5. The van der Waals surface area contributed by atoms with Crippen LogP contribution in [0.3, 0.4) is 0 Å². The van der Waals surface area contributed by atoms with E-state index in [4.69, 9.17) is 0 Å². The van der Waals surface area contributed by atoms with Crippen LogP contribution < -0.4 is 4.74 Å². The number of carboxylic acid groups (broad SMARTS) is 1. The predicted molar refractivity (Wildman–Crippen MR) is 116 cm³/mol. The zero-order chi connectivity index (χ0) is 25.4. The van der Waals surface area contributed by atoms with Crippen LogP contribution in [-0.2, 0) is 4.79 Å². The van der Waals surface area contributed by atoms with Gasteiger partial charge in [-0.25, -0.2) is 4.39 Å². The first kappa shape index (κ1) is 25.1. The molecule has 0 aliphatic rings. The first-order chi connectivity index (χ1) is 15.8. The van der Waals surface area contributed by atoms with E-state index in [0.29, 0.717) is 6.42 Å². The number of carbonyl (C=O) groups excluding carboxylic acids is 1. The van der Waals surface area contributed by atoms with Gasteiger partial charge in [0, 0.05) is 22.7 Å². The Bertz CT molecular complexity index is 1230. The molecule has 0 saturated heterocycles. The molecule has 0 saturated carbocycles. The number of phenols is 1. The topological polar surface area (TPSA) is 88.8 Å². The lowest BCUT2D eigenvalue weighted by molar-refractivity contribution is -0.274. The Morgan fingerprint density at radius 1 is 1.15 bits per heavy atom. The maximum atomic E-state index is 14.3. The molecule has 2 aromatic carbocycles. The first-order valence-corrected chi connectivity index (χ1v) is 10.5. The molecule has 3 rings (SSSR count). The van der Waals surface area contributed by atoms with Crippen molar-refractivity contribution in [2.24, 2.45) is 5.92 Å². The number of hydrogen-bond donors (Lipinski definition) is 2. The summed E-state index contributed by atoms with van der Waals surface area (Å²) >= 11 is 0. The number of phenolic OH excluding ortho intramolecular Hbond substituents is 1. The number of benzene rings is 2. The summed E-state index contributed by atoms with van der Waals surface area (Å²) in [5, 5.41) is 20.1. The van der Waals surface area contributed by atoms with E-state index in [0.717, 1.165) is 41.0 Å². The highest BCUT2D eigenvalue weighted by Crippen LogP contribution is 2.39. The monoisotopic (exact) mass is 481 g/mol. The second kappa shape index (κ2) is 9.36. The second-order valence-corrected chi connectivity index (χ2v) is 8.17. The number of aromatic nitrogens is 1. The number of nitrogens with zero attached hydrogens (tertiary/aromatic N) is 1. The van der Waals surface area contributed by atoms with Gasteiger partial charge >= 0.3 is 12.3 Å². The van der Waals surface area contributed by atoms with Gasteiger partial charge in [-0.15, -0.1) is 13.2 Å². The minimum absolute atomic E-state index is 0.0247. The molecule has 0 aliphatic carbocycles. The molecule has 0 aliphatic heterocycles. The molecular weight excluding hydrogens is 458 g/mol. The maximum absolute atomic E-state index is 14.3. The number of aromatic hydroxyl groups is 1. The Hall–Kier alpha value is -3.56. The van der Waals surface area contributed by atoms with E-state index < -0.39 is 41.5 Å². The van der Waals surface area contributed by atoms with Gasteiger partial charge in [-0.1, -0.05) is 20.3 Å². The summed E-state index contributed by atoms with van der Waals surface area (Å²) in [7, 11) is 0. The van der Waals surface area contributed by atoms with Crippen molar-refractivity contribution in [3.63, 3.8) is 0 Å². The molecule has 0 fully saturated rings. The van der Waals surface area contributed by atoms with Crippen LogP contribution in [0.4, 0.5) is 17.6 Å². The van der Waals surface area contributed by atoms with Crippen molar-refractivity contribution in [2.45, 2.75) is 45.9 Å². The van der Waals surface area contributed by atoms with Crippen LogP contribution in [0.5, 0.6) is 11.5 Å². The van der Waals surface area contributed by atoms with E-state index in [1.54, 1.807) is 0 Å². The fourth-order valence-corrected chi connectivity index (χ4v) is 3.99. The highest BCUT2D eigenvalue weighted by molar-refractivity contribution is 6.05. The number of halogens is 4. The average molecular weight is 481 g/mol. The molecule has 0 radical (unpaired) electrons. The van der Waals surface area contributed by atoms with Gasteiger partial charge in [0.2, 0.25) is 0 Å². The van der Waals surface area contributed by atoms with Crippen molar-refractivity contribution in [1.82, 2.24) is 4.57 Å². The summed E-state index contributed by atoms with van der Waals surface area (Å²) in [6.45, 7) is 5.31. The fraction of sp³-hybridized carbons (Fsp3) is 0.333. The Labute approximate surface area is 192 Å². The van der Waals surface area contributed by atoms with Gasteiger partial charge in [0.1, 0.15) is 5.75 Å². The summed E-state index contributed by atoms with van der Waals surface area (Å²) in [5.74, 6) is -5.05.